The maximum absolute atomic E-state index is 14.1. The third-order valence-electron chi connectivity index (χ3n) is 6.66. The molecule has 2 atom stereocenters. The zero-order chi connectivity index (χ0) is 29.4. The van der Waals surface area contributed by atoms with Crippen LogP contribution in [0.5, 0.6) is 17.2 Å². The lowest BCUT2D eigenvalue weighted by Crippen LogP contribution is -2.47. The molecule has 1 amide bonds. The number of aliphatic imine (C=N–C) groups is 1. The lowest BCUT2D eigenvalue weighted by Gasteiger charge is -2.30. The van der Waals surface area contributed by atoms with E-state index in [1.807, 2.05) is 6.07 Å². The Morgan fingerprint density at radius 2 is 1.85 bits per heavy atom. The first-order valence-electron chi connectivity index (χ1n) is 13.0. The highest BCUT2D eigenvalue weighted by Crippen LogP contribution is 2.45. The van der Waals surface area contributed by atoms with E-state index < -0.39 is 11.6 Å². The zero-order valence-corrected chi connectivity index (χ0v) is 24.4. The number of nitrogens with one attached hydrogen (secondary N) is 1. The summed E-state index contributed by atoms with van der Waals surface area (Å²) in [4.78, 5) is 19.0. The first-order chi connectivity index (χ1) is 19.8. The lowest BCUT2D eigenvalue weighted by atomic mass is 9.84. The number of ether oxygens (including phenoxy) is 4. The standard InChI is InChI=1S/C31H32Cl2N2O6/c1-4-14-31(30(37)34-19-21-8-12-24(38-2)18-27(21)39-3)28(25-13-9-22(32)17-26(25)33)41-29(35-31)20-6-10-23(11-7-20)40-16-5-15-36/h4,6-13,17-18,28,36H,1,5,14-16,19H2,2-3H3,(H,34,37)/t28-,31-/m1/s1. The minimum Gasteiger partial charge on any atom is -0.497 e. The average Bonchev–Trinajstić information content (AvgIpc) is 3.36. The van der Waals surface area contributed by atoms with Crippen LogP contribution in [0.4, 0.5) is 0 Å². The molecule has 0 aromatic heterocycles. The molecule has 0 saturated carbocycles. The van der Waals surface area contributed by atoms with E-state index in [0.29, 0.717) is 51.4 Å². The number of aliphatic hydroxyl groups excluding tert-OH is 1. The molecule has 216 valence electrons. The predicted molar refractivity (Wildman–Crippen MR) is 159 cm³/mol. The van der Waals surface area contributed by atoms with Crippen LogP contribution in [0.25, 0.3) is 0 Å². The van der Waals surface area contributed by atoms with E-state index in [0.717, 1.165) is 5.56 Å². The summed E-state index contributed by atoms with van der Waals surface area (Å²) in [5, 5.41) is 12.8. The van der Waals surface area contributed by atoms with E-state index in [-0.39, 0.29) is 31.4 Å². The summed E-state index contributed by atoms with van der Waals surface area (Å²) >= 11 is 12.8. The van der Waals surface area contributed by atoms with Gasteiger partial charge in [0.05, 0.1) is 20.8 Å². The van der Waals surface area contributed by atoms with Gasteiger partial charge >= 0.3 is 0 Å². The largest absolute Gasteiger partial charge is 0.497 e. The van der Waals surface area contributed by atoms with Crippen LogP contribution in [0.3, 0.4) is 0 Å². The van der Waals surface area contributed by atoms with Crippen LogP contribution in [0, 0.1) is 0 Å². The smallest absolute Gasteiger partial charge is 0.252 e. The highest BCUT2D eigenvalue weighted by atomic mass is 35.5. The van der Waals surface area contributed by atoms with Gasteiger partial charge in [0.15, 0.2) is 11.6 Å². The molecule has 0 fully saturated rings. The Morgan fingerprint density at radius 3 is 2.51 bits per heavy atom. The van der Waals surface area contributed by atoms with Crippen molar-refractivity contribution in [3.05, 3.63) is 100 Å². The minimum atomic E-state index is -1.41. The van der Waals surface area contributed by atoms with Crippen molar-refractivity contribution in [3.63, 3.8) is 0 Å². The van der Waals surface area contributed by atoms with Gasteiger partial charge in [0, 0.05) is 58.8 Å². The second-order valence-corrected chi connectivity index (χ2v) is 10.2. The van der Waals surface area contributed by atoms with Crippen LogP contribution in [-0.4, -0.2) is 49.9 Å². The third kappa shape index (κ3) is 6.78. The van der Waals surface area contributed by atoms with Crippen LogP contribution in [-0.2, 0) is 16.1 Å². The van der Waals surface area contributed by atoms with Crippen molar-refractivity contribution in [2.45, 2.75) is 31.0 Å². The van der Waals surface area contributed by atoms with Gasteiger partial charge in [-0.3, -0.25) is 4.79 Å². The summed E-state index contributed by atoms with van der Waals surface area (Å²) in [5.41, 5.74) is 0.573. The van der Waals surface area contributed by atoms with E-state index in [9.17, 15) is 4.79 Å². The molecular formula is C31H32Cl2N2O6. The van der Waals surface area contributed by atoms with Crippen molar-refractivity contribution in [2.75, 3.05) is 27.4 Å². The molecule has 8 nitrogen and oxygen atoms in total. The Balaban J connectivity index is 1.70. The summed E-state index contributed by atoms with van der Waals surface area (Å²) in [7, 11) is 3.13. The summed E-state index contributed by atoms with van der Waals surface area (Å²) in [6.07, 6.45) is 1.48. The van der Waals surface area contributed by atoms with Crippen LogP contribution < -0.4 is 19.5 Å². The van der Waals surface area contributed by atoms with E-state index in [4.69, 9.17) is 52.2 Å². The Kier molecular flexibility index (Phi) is 10.2. The Morgan fingerprint density at radius 1 is 1.10 bits per heavy atom. The molecule has 10 heteroatoms. The van der Waals surface area contributed by atoms with Gasteiger partial charge in [0.1, 0.15) is 17.2 Å². The van der Waals surface area contributed by atoms with Crippen molar-refractivity contribution in [1.82, 2.24) is 5.32 Å². The molecule has 0 unspecified atom stereocenters. The fraction of sp³-hybridized carbons (Fsp3) is 0.290. The number of benzene rings is 3. The number of methoxy groups -OCH3 is 2. The van der Waals surface area contributed by atoms with Crippen molar-refractivity contribution in [3.8, 4) is 17.2 Å². The SMILES string of the molecule is C=CC[C@@]1(C(=O)NCc2ccc(OC)cc2OC)N=C(c2ccc(OCCCO)cc2)O[C@@H]1c1ccc(Cl)cc1Cl. The molecule has 0 saturated heterocycles. The predicted octanol–water partition coefficient (Wildman–Crippen LogP) is 5.92. The number of hydrogen-bond acceptors (Lipinski definition) is 7. The van der Waals surface area contributed by atoms with Gasteiger partial charge in [-0.25, -0.2) is 4.99 Å². The average molecular weight is 600 g/mol. The van der Waals surface area contributed by atoms with Gasteiger partial charge in [-0.15, -0.1) is 6.58 Å². The van der Waals surface area contributed by atoms with Gasteiger partial charge in [0.2, 0.25) is 5.90 Å². The first kappa shape index (κ1) is 30.2. The second kappa shape index (κ2) is 13.8. The van der Waals surface area contributed by atoms with Gasteiger partial charge in [-0.2, -0.15) is 0 Å². The normalized spacial score (nSPS) is 17.8. The number of hydrogen-bond donors (Lipinski definition) is 2. The van der Waals surface area contributed by atoms with Crippen LogP contribution in [0.15, 0.2) is 78.3 Å². The molecular weight excluding hydrogens is 567 g/mol. The number of nitrogens with zero attached hydrogens (tertiary/aromatic N) is 1. The molecule has 1 aliphatic heterocycles. The molecule has 0 aliphatic carbocycles. The van der Waals surface area contributed by atoms with Crippen molar-refractivity contribution in [2.24, 2.45) is 4.99 Å². The monoisotopic (exact) mass is 598 g/mol. The van der Waals surface area contributed by atoms with Crippen molar-refractivity contribution in [1.29, 1.82) is 0 Å². The number of amides is 1. The first-order valence-corrected chi connectivity index (χ1v) is 13.8. The number of carbonyl (C=O) groups excluding carboxylic acids is 1. The molecule has 41 heavy (non-hydrogen) atoms. The van der Waals surface area contributed by atoms with Gasteiger partial charge < -0.3 is 29.4 Å². The van der Waals surface area contributed by atoms with E-state index in [2.05, 4.69) is 11.9 Å². The molecule has 2 N–H and O–H groups in total. The summed E-state index contributed by atoms with van der Waals surface area (Å²) in [6, 6.07) is 17.6. The molecule has 0 radical (unpaired) electrons. The molecule has 0 bridgehead atoms. The van der Waals surface area contributed by atoms with Crippen LogP contribution >= 0.6 is 23.2 Å². The summed E-state index contributed by atoms with van der Waals surface area (Å²) in [6.45, 7) is 4.52. The highest BCUT2D eigenvalue weighted by molar-refractivity contribution is 6.35. The van der Waals surface area contributed by atoms with Crippen LogP contribution in [0.1, 0.15) is 35.6 Å². The highest BCUT2D eigenvalue weighted by Gasteiger charge is 2.53. The van der Waals surface area contributed by atoms with Gasteiger partial charge in [-0.05, 0) is 48.5 Å². The molecule has 1 heterocycles. The van der Waals surface area contributed by atoms with Gasteiger partial charge in [0.25, 0.3) is 5.91 Å². The zero-order valence-electron chi connectivity index (χ0n) is 22.9. The van der Waals surface area contributed by atoms with Crippen molar-refractivity contribution < 1.29 is 28.8 Å². The fourth-order valence-electron chi connectivity index (χ4n) is 4.55. The lowest BCUT2D eigenvalue weighted by molar-refractivity contribution is -0.129. The fourth-order valence-corrected chi connectivity index (χ4v) is 5.06. The second-order valence-electron chi connectivity index (χ2n) is 9.31. The van der Waals surface area contributed by atoms with E-state index in [1.54, 1.807) is 74.9 Å². The van der Waals surface area contributed by atoms with Gasteiger partial charge in [-0.1, -0.05) is 35.3 Å². The van der Waals surface area contributed by atoms with E-state index in [1.165, 1.54) is 0 Å². The molecule has 4 rings (SSSR count). The third-order valence-corrected chi connectivity index (χ3v) is 7.23. The number of carbonyl (C=O) groups is 1. The quantitative estimate of drug-likeness (QED) is 0.187. The molecule has 1 aliphatic rings. The van der Waals surface area contributed by atoms with E-state index >= 15 is 0 Å². The maximum Gasteiger partial charge on any atom is 0.252 e. The van der Waals surface area contributed by atoms with Crippen LogP contribution in [0.2, 0.25) is 10.0 Å². The summed E-state index contributed by atoms with van der Waals surface area (Å²) < 4.78 is 22.8. The number of rotatable bonds is 13. The Hall–Kier alpha value is -3.72. The van der Waals surface area contributed by atoms with Crippen molar-refractivity contribution >= 4 is 35.0 Å². The minimum absolute atomic E-state index is 0.0517. The molecule has 3 aromatic carbocycles. The Bertz CT molecular complexity index is 1410. The Labute approximate surface area is 249 Å². The molecule has 3 aromatic rings. The number of halogens is 2. The molecule has 0 spiro atoms. The topological polar surface area (TPSA) is 98.6 Å². The summed E-state index contributed by atoms with van der Waals surface area (Å²) in [5.74, 6) is 1.77. The maximum atomic E-state index is 14.1. The number of aliphatic hydroxyl groups is 1.